The Morgan fingerprint density at radius 1 is 1.15 bits per heavy atom. The fourth-order valence-electron chi connectivity index (χ4n) is 1.31. The smallest absolute Gasteiger partial charge is 0.00927 e. The molecule has 2 heteroatoms. The van der Waals surface area contributed by atoms with Gasteiger partial charge < -0.3 is 11.5 Å². The Labute approximate surface area is 83.1 Å². The number of unbranched alkanes of at least 4 members (excludes halogenated alkanes) is 1. The molecule has 0 saturated heterocycles. The highest BCUT2D eigenvalue weighted by atomic mass is 14.7. The van der Waals surface area contributed by atoms with Gasteiger partial charge in [0.1, 0.15) is 0 Å². The van der Waals surface area contributed by atoms with E-state index in [1.165, 1.54) is 0 Å². The molecular weight excluding hydrogens is 160 g/mol. The molecular formula is C11H26N2. The van der Waals surface area contributed by atoms with Crippen molar-refractivity contribution in [2.24, 2.45) is 22.8 Å². The molecule has 13 heavy (non-hydrogen) atoms. The molecule has 4 N–H and O–H groups in total. The minimum Gasteiger partial charge on any atom is -0.330 e. The van der Waals surface area contributed by atoms with Crippen LogP contribution < -0.4 is 11.5 Å². The first-order chi connectivity index (χ1) is 5.92. The third kappa shape index (κ3) is 4.10. The summed E-state index contributed by atoms with van der Waals surface area (Å²) in [4.78, 5) is 0. The molecule has 0 aromatic heterocycles. The lowest BCUT2D eigenvalue weighted by atomic mass is 9.73. The summed E-state index contributed by atoms with van der Waals surface area (Å²) in [5.41, 5.74) is 11.8. The van der Waals surface area contributed by atoms with Gasteiger partial charge in [-0.2, -0.15) is 0 Å². The van der Waals surface area contributed by atoms with E-state index in [1.54, 1.807) is 0 Å². The molecule has 2 nitrogen and oxygen atoms in total. The maximum absolute atomic E-state index is 6.15. The van der Waals surface area contributed by atoms with Gasteiger partial charge in [-0.3, -0.25) is 0 Å². The van der Waals surface area contributed by atoms with Gasteiger partial charge in [0.05, 0.1) is 0 Å². The summed E-state index contributed by atoms with van der Waals surface area (Å²) in [6.45, 7) is 9.77. The van der Waals surface area contributed by atoms with Crippen LogP contribution in [-0.4, -0.2) is 12.6 Å². The Kier molecular flexibility index (Phi) is 5.57. The van der Waals surface area contributed by atoms with Crippen molar-refractivity contribution in [3.63, 3.8) is 0 Å². The van der Waals surface area contributed by atoms with Gasteiger partial charge in [-0.05, 0) is 30.7 Å². The average molecular weight is 186 g/mol. The van der Waals surface area contributed by atoms with Crippen LogP contribution in [0.2, 0.25) is 0 Å². The number of hydrogen-bond acceptors (Lipinski definition) is 2. The van der Waals surface area contributed by atoms with Crippen LogP contribution in [0, 0.1) is 11.3 Å². The highest BCUT2D eigenvalue weighted by Crippen LogP contribution is 2.31. The molecule has 0 aliphatic heterocycles. The second-order valence-electron chi connectivity index (χ2n) is 4.87. The molecule has 0 aromatic carbocycles. The predicted molar refractivity (Wildman–Crippen MR) is 59.5 cm³/mol. The zero-order chi connectivity index (χ0) is 10.5. The third-order valence-electron chi connectivity index (χ3n) is 3.41. The highest BCUT2D eigenvalue weighted by molar-refractivity contribution is 4.83. The van der Waals surface area contributed by atoms with E-state index in [0.29, 0.717) is 12.0 Å². The monoisotopic (exact) mass is 186 g/mol. The summed E-state index contributed by atoms with van der Waals surface area (Å²) in [6, 6.07) is 0.305. The first-order valence-electron chi connectivity index (χ1n) is 5.38. The molecule has 1 atom stereocenters. The molecule has 0 bridgehead atoms. The van der Waals surface area contributed by atoms with Gasteiger partial charge in [0.25, 0.3) is 0 Å². The molecule has 0 radical (unpaired) electrons. The normalized spacial score (nSPS) is 15.0. The van der Waals surface area contributed by atoms with Gasteiger partial charge in [0.2, 0.25) is 0 Å². The maximum Gasteiger partial charge on any atom is 0.00927 e. The lowest BCUT2D eigenvalue weighted by Gasteiger charge is -2.35. The summed E-state index contributed by atoms with van der Waals surface area (Å²) >= 11 is 0. The van der Waals surface area contributed by atoms with E-state index in [9.17, 15) is 0 Å². The molecule has 0 spiro atoms. The van der Waals surface area contributed by atoms with Crippen molar-refractivity contribution in [2.75, 3.05) is 6.54 Å². The van der Waals surface area contributed by atoms with Gasteiger partial charge in [-0.25, -0.2) is 0 Å². The third-order valence-corrected chi connectivity index (χ3v) is 3.41. The summed E-state index contributed by atoms with van der Waals surface area (Å²) < 4.78 is 0. The average Bonchev–Trinajstić information content (AvgIpc) is 2.04. The second-order valence-corrected chi connectivity index (χ2v) is 4.87. The molecule has 0 aliphatic carbocycles. The van der Waals surface area contributed by atoms with Crippen LogP contribution in [-0.2, 0) is 0 Å². The van der Waals surface area contributed by atoms with Gasteiger partial charge in [-0.15, -0.1) is 0 Å². The van der Waals surface area contributed by atoms with E-state index in [4.69, 9.17) is 11.5 Å². The van der Waals surface area contributed by atoms with E-state index in [-0.39, 0.29) is 5.41 Å². The van der Waals surface area contributed by atoms with E-state index in [2.05, 4.69) is 27.7 Å². The molecule has 0 rings (SSSR count). The molecule has 1 unspecified atom stereocenters. The second kappa shape index (κ2) is 5.61. The Bertz CT molecular complexity index is 130. The van der Waals surface area contributed by atoms with Crippen molar-refractivity contribution in [2.45, 2.75) is 53.0 Å². The van der Waals surface area contributed by atoms with Crippen molar-refractivity contribution in [1.82, 2.24) is 0 Å². The number of hydrogen-bond donors (Lipinski definition) is 2. The van der Waals surface area contributed by atoms with Crippen LogP contribution in [0.4, 0.5) is 0 Å². The van der Waals surface area contributed by atoms with Gasteiger partial charge >= 0.3 is 0 Å². The fraction of sp³-hybridized carbons (Fsp3) is 1.00. The molecule has 0 aliphatic rings. The summed E-state index contributed by atoms with van der Waals surface area (Å²) in [6.07, 6.45) is 3.36. The van der Waals surface area contributed by atoms with Crippen molar-refractivity contribution >= 4 is 0 Å². The Morgan fingerprint density at radius 2 is 1.69 bits per heavy atom. The van der Waals surface area contributed by atoms with E-state index in [0.717, 1.165) is 25.8 Å². The number of rotatable bonds is 6. The first kappa shape index (κ1) is 12.9. The SMILES string of the molecule is CC(C)C(C)(C)C(N)CCCCN. The zero-order valence-electron chi connectivity index (χ0n) is 9.64. The van der Waals surface area contributed by atoms with Crippen LogP contribution in [0.3, 0.4) is 0 Å². The highest BCUT2D eigenvalue weighted by Gasteiger charge is 2.29. The van der Waals surface area contributed by atoms with Crippen LogP contribution >= 0.6 is 0 Å². The molecule has 0 amide bonds. The quantitative estimate of drug-likeness (QED) is 0.624. The van der Waals surface area contributed by atoms with Gasteiger partial charge in [-0.1, -0.05) is 34.1 Å². The topological polar surface area (TPSA) is 52.0 Å². The predicted octanol–water partition coefficient (Wildman–Crippen LogP) is 2.12. The van der Waals surface area contributed by atoms with Crippen LogP contribution in [0.5, 0.6) is 0 Å². The largest absolute Gasteiger partial charge is 0.330 e. The summed E-state index contributed by atoms with van der Waals surface area (Å²) in [5, 5.41) is 0. The molecule has 0 saturated carbocycles. The van der Waals surface area contributed by atoms with Crippen LogP contribution in [0.1, 0.15) is 47.0 Å². The Morgan fingerprint density at radius 3 is 2.08 bits per heavy atom. The van der Waals surface area contributed by atoms with Gasteiger partial charge in [0.15, 0.2) is 0 Å². The van der Waals surface area contributed by atoms with Crippen molar-refractivity contribution < 1.29 is 0 Å². The maximum atomic E-state index is 6.15. The minimum atomic E-state index is 0.245. The minimum absolute atomic E-state index is 0.245. The van der Waals surface area contributed by atoms with Crippen LogP contribution in [0.25, 0.3) is 0 Å². The van der Waals surface area contributed by atoms with Crippen molar-refractivity contribution in [1.29, 1.82) is 0 Å². The molecule has 0 heterocycles. The fourth-order valence-corrected chi connectivity index (χ4v) is 1.31. The molecule has 0 fully saturated rings. The first-order valence-corrected chi connectivity index (χ1v) is 5.38. The Hall–Kier alpha value is -0.0800. The van der Waals surface area contributed by atoms with Crippen LogP contribution in [0.15, 0.2) is 0 Å². The Balaban J connectivity index is 3.87. The van der Waals surface area contributed by atoms with Crippen molar-refractivity contribution in [3.8, 4) is 0 Å². The van der Waals surface area contributed by atoms with E-state index < -0.39 is 0 Å². The van der Waals surface area contributed by atoms with Gasteiger partial charge in [0, 0.05) is 6.04 Å². The molecule has 0 aromatic rings. The van der Waals surface area contributed by atoms with E-state index >= 15 is 0 Å². The van der Waals surface area contributed by atoms with E-state index in [1.807, 2.05) is 0 Å². The summed E-state index contributed by atoms with van der Waals surface area (Å²) in [5.74, 6) is 0.639. The lowest BCUT2D eigenvalue weighted by Crippen LogP contribution is -2.41. The standard InChI is InChI=1S/C11H26N2/c1-9(2)11(3,4)10(13)7-5-6-8-12/h9-10H,5-8,12-13H2,1-4H3. The number of nitrogens with two attached hydrogens (primary N) is 2. The summed E-state index contributed by atoms with van der Waals surface area (Å²) in [7, 11) is 0. The molecule has 80 valence electrons. The lowest BCUT2D eigenvalue weighted by molar-refractivity contribution is 0.184. The van der Waals surface area contributed by atoms with Crippen molar-refractivity contribution in [3.05, 3.63) is 0 Å². The zero-order valence-corrected chi connectivity index (χ0v) is 9.64.